The quantitative estimate of drug-likeness (QED) is 0.454. The van der Waals surface area contributed by atoms with Crippen molar-refractivity contribution >= 4 is 28.4 Å². The van der Waals surface area contributed by atoms with Crippen LogP contribution in [-0.2, 0) is 9.53 Å². The zero-order chi connectivity index (χ0) is 23.8. The molecule has 1 aromatic heterocycles. The van der Waals surface area contributed by atoms with Gasteiger partial charge in [-0.05, 0) is 30.3 Å². The Bertz CT molecular complexity index is 1390. The third-order valence-electron chi connectivity index (χ3n) is 6.38. The number of hydrogen-bond donors (Lipinski definition) is 0. The van der Waals surface area contributed by atoms with Gasteiger partial charge in [-0.2, -0.15) is 0 Å². The second-order valence-corrected chi connectivity index (χ2v) is 8.54. The van der Waals surface area contributed by atoms with Crippen molar-refractivity contribution in [2.75, 3.05) is 37.7 Å². The summed E-state index contributed by atoms with van der Waals surface area (Å²) in [7, 11) is 0. The zero-order valence-corrected chi connectivity index (χ0v) is 18.9. The lowest BCUT2D eigenvalue weighted by Gasteiger charge is -2.37. The first kappa shape index (κ1) is 21.4. The number of amides is 2. The Labute approximate surface area is 201 Å². The number of carbonyl (C=O) groups excluding carboxylic acids is 2. The maximum atomic E-state index is 13.8. The molecule has 2 amide bonds. The van der Waals surface area contributed by atoms with Crippen LogP contribution in [0.5, 0.6) is 5.75 Å². The van der Waals surface area contributed by atoms with Crippen molar-refractivity contribution in [3.8, 4) is 17.1 Å². The summed E-state index contributed by atoms with van der Waals surface area (Å²) < 4.78 is 17.0. The van der Waals surface area contributed by atoms with Crippen LogP contribution < -0.4 is 9.64 Å². The number of rotatable bonds is 3. The van der Waals surface area contributed by atoms with E-state index in [1.165, 1.54) is 0 Å². The third-order valence-corrected chi connectivity index (χ3v) is 6.38. The van der Waals surface area contributed by atoms with Crippen LogP contribution in [-0.4, -0.2) is 60.8 Å². The molecule has 1 atom stereocenters. The van der Waals surface area contributed by atoms with Crippen LogP contribution in [0.4, 0.5) is 5.69 Å². The molecular weight excluding hydrogens is 446 g/mol. The van der Waals surface area contributed by atoms with Crippen molar-refractivity contribution in [3.05, 3.63) is 78.4 Å². The summed E-state index contributed by atoms with van der Waals surface area (Å²) in [6.07, 6.45) is -0.786. The largest absolute Gasteiger partial charge is 0.476 e. The van der Waals surface area contributed by atoms with Crippen LogP contribution in [0.3, 0.4) is 0 Å². The molecular formula is C27H23N3O5. The highest BCUT2D eigenvalue weighted by Crippen LogP contribution is 2.35. The molecule has 0 saturated carbocycles. The van der Waals surface area contributed by atoms with Crippen molar-refractivity contribution in [1.29, 1.82) is 0 Å². The molecule has 2 aliphatic heterocycles. The van der Waals surface area contributed by atoms with E-state index in [1.54, 1.807) is 34.1 Å². The maximum absolute atomic E-state index is 13.8. The fourth-order valence-electron chi connectivity index (χ4n) is 4.57. The molecule has 0 N–H and O–H groups in total. The molecule has 3 heterocycles. The topological polar surface area (TPSA) is 85.1 Å². The molecule has 0 unspecified atom stereocenters. The Balaban J connectivity index is 1.35. The molecule has 3 aromatic carbocycles. The Kier molecular flexibility index (Phi) is 5.42. The highest BCUT2D eigenvalue weighted by Gasteiger charge is 2.36. The molecule has 0 aliphatic carbocycles. The van der Waals surface area contributed by atoms with Gasteiger partial charge in [0.15, 0.2) is 11.9 Å². The third kappa shape index (κ3) is 3.91. The van der Waals surface area contributed by atoms with Crippen LogP contribution in [0, 0.1) is 0 Å². The number of morpholine rings is 1. The van der Waals surface area contributed by atoms with Gasteiger partial charge in [-0.3, -0.25) is 9.59 Å². The van der Waals surface area contributed by atoms with Crippen molar-refractivity contribution in [1.82, 2.24) is 10.1 Å². The van der Waals surface area contributed by atoms with E-state index in [0.29, 0.717) is 54.6 Å². The van der Waals surface area contributed by atoms with Gasteiger partial charge in [-0.25, -0.2) is 0 Å². The van der Waals surface area contributed by atoms with Gasteiger partial charge in [-0.1, -0.05) is 47.6 Å². The molecule has 6 rings (SSSR count). The Morgan fingerprint density at radius 1 is 0.914 bits per heavy atom. The van der Waals surface area contributed by atoms with E-state index < -0.39 is 6.10 Å². The minimum atomic E-state index is -0.786. The highest BCUT2D eigenvalue weighted by molar-refractivity contribution is 6.10. The lowest BCUT2D eigenvalue weighted by molar-refractivity contribution is -0.142. The Morgan fingerprint density at radius 2 is 1.69 bits per heavy atom. The average Bonchev–Trinajstić information content (AvgIpc) is 3.36. The second kappa shape index (κ2) is 8.88. The van der Waals surface area contributed by atoms with E-state index in [-0.39, 0.29) is 18.4 Å². The van der Waals surface area contributed by atoms with Crippen LogP contribution >= 0.6 is 0 Å². The van der Waals surface area contributed by atoms with E-state index in [9.17, 15) is 9.59 Å². The van der Waals surface area contributed by atoms with Crippen molar-refractivity contribution in [2.24, 2.45) is 0 Å². The predicted molar refractivity (Wildman–Crippen MR) is 129 cm³/mol. The lowest BCUT2D eigenvalue weighted by atomic mass is 10.0. The summed E-state index contributed by atoms with van der Waals surface area (Å²) >= 11 is 0. The van der Waals surface area contributed by atoms with E-state index in [1.807, 2.05) is 48.5 Å². The Hall–Kier alpha value is -4.17. The number of aromatic nitrogens is 1. The monoisotopic (exact) mass is 469 g/mol. The van der Waals surface area contributed by atoms with Crippen LogP contribution in [0.25, 0.3) is 22.2 Å². The molecule has 176 valence electrons. The molecule has 0 bridgehead atoms. The molecule has 2 aliphatic rings. The van der Waals surface area contributed by atoms with Gasteiger partial charge in [0.25, 0.3) is 11.8 Å². The van der Waals surface area contributed by atoms with Gasteiger partial charge < -0.3 is 23.8 Å². The molecule has 35 heavy (non-hydrogen) atoms. The van der Waals surface area contributed by atoms with Gasteiger partial charge in [0.05, 0.1) is 30.8 Å². The van der Waals surface area contributed by atoms with Gasteiger partial charge in [0.2, 0.25) is 0 Å². The predicted octanol–water partition coefficient (Wildman–Crippen LogP) is 3.76. The van der Waals surface area contributed by atoms with Crippen molar-refractivity contribution in [3.63, 3.8) is 0 Å². The molecule has 8 heteroatoms. The van der Waals surface area contributed by atoms with Gasteiger partial charge in [0.1, 0.15) is 11.3 Å². The number of nitrogens with zero attached hydrogens (tertiary/aromatic N) is 3. The summed E-state index contributed by atoms with van der Waals surface area (Å²) in [5.74, 6) is 0.761. The smallest absolute Gasteiger partial charge is 0.265 e. The van der Waals surface area contributed by atoms with Crippen LogP contribution in [0.15, 0.2) is 77.3 Å². The van der Waals surface area contributed by atoms with Crippen molar-refractivity contribution in [2.45, 2.75) is 6.10 Å². The number of ether oxygens (including phenoxy) is 2. The standard InChI is InChI=1S/C27H23N3O5/c31-26(19-10-11-21-20(16-19)25(35-28-21)18-6-2-1-3-7-18)30-17-24(27(32)29-12-14-33-15-13-29)34-23-9-5-4-8-22(23)30/h1-11,16,24H,12-15,17H2/t24-/m0/s1. The zero-order valence-electron chi connectivity index (χ0n) is 18.9. The lowest BCUT2D eigenvalue weighted by Crippen LogP contribution is -2.54. The van der Waals surface area contributed by atoms with Gasteiger partial charge >= 0.3 is 0 Å². The Morgan fingerprint density at radius 3 is 2.51 bits per heavy atom. The number of benzene rings is 3. The summed E-state index contributed by atoms with van der Waals surface area (Å²) in [6.45, 7) is 2.15. The summed E-state index contributed by atoms with van der Waals surface area (Å²) in [5.41, 5.74) is 2.67. The van der Waals surface area contributed by atoms with E-state index in [4.69, 9.17) is 14.0 Å². The van der Waals surface area contributed by atoms with E-state index in [2.05, 4.69) is 5.16 Å². The minimum absolute atomic E-state index is 0.124. The molecule has 0 radical (unpaired) electrons. The average molecular weight is 469 g/mol. The summed E-state index contributed by atoms with van der Waals surface area (Å²) in [4.78, 5) is 30.4. The number of anilines is 1. The first-order valence-electron chi connectivity index (χ1n) is 11.6. The molecule has 0 spiro atoms. The number of hydrogen-bond acceptors (Lipinski definition) is 6. The normalized spacial score (nSPS) is 17.7. The minimum Gasteiger partial charge on any atom is -0.476 e. The summed E-state index contributed by atoms with van der Waals surface area (Å²) in [6, 6.07) is 22.3. The molecule has 1 fully saturated rings. The highest BCUT2D eigenvalue weighted by atomic mass is 16.5. The fourth-order valence-corrected chi connectivity index (χ4v) is 4.57. The second-order valence-electron chi connectivity index (χ2n) is 8.54. The number of para-hydroxylation sites is 2. The van der Waals surface area contributed by atoms with Crippen LogP contribution in [0.2, 0.25) is 0 Å². The van der Waals surface area contributed by atoms with Gasteiger partial charge in [-0.15, -0.1) is 0 Å². The van der Waals surface area contributed by atoms with Crippen molar-refractivity contribution < 1.29 is 23.6 Å². The van der Waals surface area contributed by atoms with E-state index in [0.717, 1.165) is 10.9 Å². The number of fused-ring (bicyclic) bond motifs is 2. The molecule has 8 nitrogen and oxygen atoms in total. The first-order valence-corrected chi connectivity index (χ1v) is 11.6. The van der Waals surface area contributed by atoms with Crippen LogP contribution in [0.1, 0.15) is 10.4 Å². The fraction of sp³-hybridized carbons (Fsp3) is 0.222. The summed E-state index contributed by atoms with van der Waals surface area (Å²) in [5, 5.41) is 4.90. The SMILES string of the molecule is O=C([C@@H]1CN(C(=O)c2ccc3noc(-c4ccccc4)c3c2)c2ccccc2O1)N1CCOCC1. The molecule has 1 saturated heterocycles. The maximum Gasteiger partial charge on any atom is 0.265 e. The van der Waals surface area contributed by atoms with E-state index >= 15 is 0 Å². The first-order chi connectivity index (χ1) is 17.2. The molecule has 4 aromatic rings. The van der Waals surface area contributed by atoms with Gasteiger partial charge in [0, 0.05) is 24.2 Å². The number of carbonyl (C=O) groups is 2.